The molecule has 8 heteroatoms. The normalized spacial score (nSPS) is 15.1. The Balaban J connectivity index is 3.09. The summed E-state index contributed by atoms with van der Waals surface area (Å²) in [5.41, 5.74) is 1.22. The first-order chi connectivity index (χ1) is 8.81. The molecule has 0 saturated carbocycles. The largest absolute Gasteiger partial charge is 0.416 e. The number of halogens is 3. The van der Waals surface area contributed by atoms with Crippen LogP contribution in [-0.2, 0) is 6.18 Å². The van der Waals surface area contributed by atoms with Crippen LogP contribution in [0.5, 0.6) is 0 Å². The Morgan fingerprint density at radius 3 is 2.42 bits per heavy atom. The molecule has 5 nitrogen and oxygen atoms in total. The quantitative estimate of drug-likeness (QED) is 0.402. The summed E-state index contributed by atoms with van der Waals surface area (Å²) in [5, 5.41) is 22.1. The van der Waals surface area contributed by atoms with Crippen molar-refractivity contribution in [1.29, 1.82) is 0 Å². The van der Waals surface area contributed by atoms with E-state index in [4.69, 9.17) is 5.84 Å². The third-order valence-corrected chi connectivity index (χ3v) is 2.63. The summed E-state index contributed by atoms with van der Waals surface area (Å²) < 4.78 is 37.6. The SMILES string of the molecule is CNCC(O)C(O)c1ccc(C(F)(F)F)cc1NN. The number of aliphatic hydroxyl groups excluding tert-OH is 2. The number of hydrogen-bond acceptors (Lipinski definition) is 5. The molecule has 1 aromatic rings. The monoisotopic (exact) mass is 279 g/mol. The van der Waals surface area contributed by atoms with Gasteiger partial charge in [0.1, 0.15) is 6.10 Å². The van der Waals surface area contributed by atoms with Gasteiger partial charge in [-0.25, -0.2) is 0 Å². The highest BCUT2D eigenvalue weighted by molar-refractivity contribution is 5.54. The van der Waals surface area contributed by atoms with E-state index < -0.39 is 23.9 Å². The summed E-state index contributed by atoms with van der Waals surface area (Å²) in [4.78, 5) is 0. The number of benzene rings is 1. The molecule has 0 bridgehead atoms. The molecule has 2 atom stereocenters. The molecule has 0 fully saturated rings. The summed E-state index contributed by atoms with van der Waals surface area (Å²) in [6.45, 7) is 0.0895. The predicted molar refractivity (Wildman–Crippen MR) is 64.1 cm³/mol. The van der Waals surface area contributed by atoms with E-state index >= 15 is 0 Å². The number of anilines is 1. The second-order valence-corrected chi connectivity index (χ2v) is 4.01. The van der Waals surface area contributed by atoms with Crippen molar-refractivity contribution in [3.05, 3.63) is 29.3 Å². The maximum Gasteiger partial charge on any atom is 0.416 e. The molecule has 0 aliphatic rings. The Morgan fingerprint density at radius 2 is 1.95 bits per heavy atom. The molecular weight excluding hydrogens is 263 g/mol. The minimum Gasteiger partial charge on any atom is -0.389 e. The second-order valence-electron chi connectivity index (χ2n) is 4.01. The van der Waals surface area contributed by atoms with E-state index in [0.29, 0.717) is 0 Å². The smallest absolute Gasteiger partial charge is 0.389 e. The van der Waals surface area contributed by atoms with Gasteiger partial charge in [-0.1, -0.05) is 6.07 Å². The lowest BCUT2D eigenvalue weighted by Gasteiger charge is -2.21. The molecule has 6 N–H and O–H groups in total. The standard InChI is InChI=1S/C11H16F3N3O2/c1-16-5-9(18)10(19)7-3-2-6(11(12,13)14)4-8(7)17-15/h2-4,9-10,16-19H,5,15H2,1H3. The Kier molecular flexibility index (Phi) is 5.12. The van der Waals surface area contributed by atoms with Gasteiger partial charge >= 0.3 is 6.18 Å². The Hall–Kier alpha value is -1.35. The highest BCUT2D eigenvalue weighted by Crippen LogP contribution is 2.34. The highest BCUT2D eigenvalue weighted by atomic mass is 19.4. The van der Waals surface area contributed by atoms with Crippen LogP contribution in [0.3, 0.4) is 0 Å². The Bertz CT molecular complexity index is 426. The fraction of sp³-hybridized carbons (Fsp3) is 0.455. The van der Waals surface area contributed by atoms with E-state index in [1.807, 2.05) is 0 Å². The molecule has 0 aliphatic carbocycles. The van der Waals surface area contributed by atoms with Crippen LogP contribution in [0.1, 0.15) is 17.2 Å². The summed E-state index contributed by atoms with van der Waals surface area (Å²) >= 11 is 0. The lowest BCUT2D eigenvalue weighted by Crippen LogP contribution is -2.30. The molecule has 0 radical (unpaired) electrons. The summed E-state index contributed by atoms with van der Waals surface area (Å²) in [6, 6.07) is 2.69. The number of nitrogens with one attached hydrogen (secondary N) is 2. The lowest BCUT2D eigenvalue weighted by molar-refractivity contribution is -0.137. The summed E-state index contributed by atoms with van der Waals surface area (Å²) in [6.07, 6.45) is -7.01. The molecule has 0 amide bonds. The van der Waals surface area contributed by atoms with Crippen LogP contribution in [-0.4, -0.2) is 29.9 Å². The fourth-order valence-corrected chi connectivity index (χ4v) is 1.64. The zero-order chi connectivity index (χ0) is 14.6. The molecule has 0 saturated heterocycles. The van der Waals surface area contributed by atoms with Crippen molar-refractivity contribution in [2.45, 2.75) is 18.4 Å². The van der Waals surface area contributed by atoms with Gasteiger partial charge in [0.25, 0.3) is 0 Å². The van der Waals surface area contributed by atoms with Crippen LogP contribution < -0.4 is 16.6 Å². The molecule has 2 unspecified atom stereocenters. The van der Waals surface area contributed by atoms with Gasteiger partial charge in [-0.15, -0.1) is 0 Å². The van der Waals surface area contributed by atoms with E-state index in [1.165, 1.54) is 0 Å². The van der Waals surface area contributed by atoms with Gasteiger partial charge in [-0.05, 0) is 19.2 Å². The van der Waals surface area contributed by atoms with E-state index in [0.717, 1.165) is 18.2 Å². The number of hydrazine groups is 1. The molecule has 1 aromatic carbocycles. The first kappa shape index (κ1) is 15.7. The molecule has 0 heterocycles. The number of aliphatic hydroxyl groups is 2. The van der Waals surface area contributed by atoms with Crippen molar-refractivity contribution in [2.75, 3.05) is 19.0 Å². The van der Waals surface area contributed by atoms with Gasteiger partial charge in [-0.2, -0.15) is 13.2 Å². The number of hydrogen-bond donors (Lipinski definition) is 5. The number of likely N-dealkylation sites (N-methyl/N-ethyl adjacent to an activating group) is 1. The van der Waals surface area contributed by atoms with Crippen LogP contribution in [0.4, 0.5) is 18.9 Å². The Labute approximate surface area is 108 Å². The molecule has 0 spiro atoms. The molecule has 0 aliphatic heterocycles. The molecule has 19 heavy (non-hydrogen) atoms. The first-order valence-corrected chi connectivity index (χ1v) is 5.49. The van der Waals surface area contributed by atoms with Crippen LogP contribution >= 0.6 is 0 Å². The van der Waals surface area contributed by atoms with Crippen molar-refractivity contribution < 1.29 is 23.4 Å². The van der Waals surface area contributed by atoms with Crippen LogP contribution in [0.25, 0.3) is 0 Å². The molecule has 1 rings (SSSR count). The van der Waals surface area contributed by atoms with Gasteiger partial charge < -0.3 is 21.0 Å². The van der Waals surface area contributed by atoms with Crippen LogP contribution in [0.2, 0.25) is 0 Å². The maximum absolute atomic E-state index is 12.5. The number of nitrogens with two attached hydrogens (primary N) is 1. The highest BCUT2D eigenvalue weighted by Gasteiger charge is 2.32. The predicted octanol–water partition coefficient (Wildman–Crippen LogP) is 0.605. The zero-order valence-corrected chi connectivity index (χ0v) is 10.2. The van der Waals surface area contributed by atoms with Gasteiger partial charge in [0.05, 0.1) is 17.4 Å². The van der Waals surface area contributed by atoms with Gasteiger partial charge in [0, 0.05) is 12.1 Å². The van der Waals surface area contributed by atoms with E-state index in [1.54, 1.807) is 7.05 Å². The minimum atomic E-state index is -4.50. The lowest BCUT2D eigenvalue weighted by atomic mass is 10.00. The number of rotatable bonds is 5. The number of nitrogen functional groups attached to an aromatic ring is 1. The minimum absolute atomic E-state index is 0.0857. The summed E-state index contributed by atoms with van der Waals surface area (Å²) in [7, 11) is 1.57. The first-order valence-electron chi connectivity index (χ1n) is 5.49. The summed E-state index contributed by atoms with van der Waals surface area (Å²) in [5.74, 6) is 5.15. The topological polar surface area (TPSA) is 90.5 Å². The third-order valence-electron chi connectivity index (χ3n) is 2.63. The Morgan fingerprint density at radius 1 is 1.32 bits per heavy atom. The second kappa shape index (κ2) is 6.20. The van der Waals surface area contributed by atoms with Crippen LogP contribution in [0, 0.1) is 0 Å². The van der Waals surface area contributed by atoms with Crippen molar-refractivity contribution >= 4 is 5.69 Å². The molecular formula is C11H16F3N3O2. The van der Waals surface area contributed by atoms with Crippen molar-refractivity contribution in [2.24, 2.45) is 5.84 Å². The van der Waals surface area contributed by atoms with E-state index in [2.05, 4.69) is 10.7 Å². The number of alkyl halides is 3. The van der Waals surface area contributed by atoms with Gasteiger partial charge in [0.15, 0.2) is 0 Å². The molecule has 108 valence electrons. The zero-order valence-electron chi connectivity index (χ0n) is 10.2. The van der Waals surface area contributed by atoms with Crippen molar-refractivity contribution in [3.63, 3.8) is 0 Å². The van der Waals surface area contributed by atoms with Crippen molar-refractivity contribution in [1.82, 2.24) is 5.32 Å². The van der Waals surface area contributed by atoms with Gasteiger partial charge in [0.2, 0.25) is 0 Å². The average molecular weight is 279 g/mol. The van der Waals surface area contributed by atoms with Crippen molar-refractivity contribution in [3.8, 4) is 0 Å². The third kappa shape index (κ3) is 3.80. The van der Waals surface area contributed by atoms with Crippen LogP contribution in [0.15, 0.2) is 18.2 Å². The molecule has 0 aromatic heterocycles. The fourth-order valence-electron chi connectivity index (χ4n) is 1.64. The van der Waals surface area contributed by atoms with E-state index in [-0.39, 0.29) is 17.8 Å². The maximum atomic E-state index is 12.5. The van der Waals surface area contributed by atoms with E-state index in [9.17, 15) is 23.4 Å². The average Bonchev–Trinajstić information content (AvgIpc) is 2.36. The van der Waals surface area contributed by atoms with Gasteiger partial charge in [-0.3, -0.25) is 5.84 Å².